The molecule has 2 aromatic carbocycles. The number of rotatable bonds is 12. The van der Waals surface area contributed by atoms with Gasteiger partial charge in [0.2, 0.25) is 5.91 Å². The quantitative estimate of drug-likeness (QED) is 0.319. The summed E-state index contributed by atoms with van der Waals surface area (Å²) in [5, 5.41) is 6.18. The zero-order valence-corrected chi connectivity index (χ0v) is 22.1. The fourth-order valence-corrected chi connectivity index (χ4v) is 3.65. The van der Waals surface area contributed by atoms with Gasteiger partial charge in [-0.05, 0) is 76.5 Å². The molecule has 0 aliphatic heterocycles. The number of ether oxygens (including phenoxy) is 2. The van der Waals surface area contributed by atoms with Gasteiger partial charge >= 0.3 is 0 Å². The summed E-state index contributed by atoms with van der Waals surface area (Å²) in [6, 6.07) is 18.1. The number of nitrogens with zero attached hydrogens (tertiary/aromatic N) is 1. The second-order valence-electron chi connectivity index (χ2n) is 10.7. The van der Waals surface area contributed by atoms with E-state index in [0.717, 1.165) is 17.9 Å². The van der Waals surface area contributed by atoms with Gasteiger partial charge in [0, 0.05) is 18.3 Å². The lowest BCUT2D eigenvalue weighted by Gasteiger charge is -2.31. The monoisotopic (exact) mass is 469 g/mol. The molecule has 0 spiro atoms. The third kappa shape index (κ3) is 9.45. The predicted molar refractivity (Wildman–Crippen MR) is 140 cm³/mol. The molecule has 0 fully saturated rings. The van der Waals surface area contributed by atoms with Crippen LogP contribution in [-0.4, -0.2) is 49.9 Å². The number of hydrogen-bond acceptors (Lipinski definition) is 5. The van der Waals surface area contributed by atoms with Crippen LogP contribution >= 0.6 is 0 Å². The molecule has 0 radical (unpaired) electrons. The first-order valence-electron chi connectivity index (χ1n) is 12.0. The van der Waals surface area contributed by atoms with E-state index in [2.05, 4.69) is 62.5 Å². The molecule has 0 aromatic heterocycles. The summed E-state index contributed by atoms with van der Waals surface area (Å²) in [6.45, 7) is 13.3. The molecule has 2 aromatic rings. The van der Waals surface area contributed by atoms with Crippen LogP contribution < -0.4 is 15.4 Å². The highest BCUT2D eigenvalue weighted by Gasteiger charge is 2.27. The fraction of sp³-hybridized carbons (Fsp3) is 0.536. The van der Waals surface area contributed by atoms with Crippen LogP contribution in [0.4, 0.5) is 5.69 Å². The number of benzene rings is 2. The molecule has 0 bridgehead atoms. The molecule has 2 N–H and O–H groups in total. The molecular weight excluding hydrogens is 426 g/mol. The van der Waals surface area contributed by atoms with Crippen LogP contribution in [0.2, 0.25) is 0 Å². The van der Waals surface area contributed by atoms with Crippen molar-refractivity contribution in [1.29, 1.82) is 0 Å². The Labute approximate surface area is 206 Å². The Bertz CT molecular complexity index is 874. The minimum atomic E-state index is -0.727. The number of hydrogen-bond donors (Lipinski definition) is 2. The number of para-hydroxylation sites is 1. The second-order valence-corrected chi connectivity index (χ2v) is 10.7. The van der Waals surface area contributed by atoms with E-state index in [-0.39, 0.29) is 11.3 Å². The molecule has 6 nitrogen and oxygen atoms in total. The number of amides is 1. The van der Waals surface area contributed by atoms with E-state index in [0.29, 0.717) is 19.2 Å². The van der Waals surface area contributed by atoms with E-state index < -0.39 is 11.8 Å². The first-order valence-corrected chi connectivity index (χ1v) is 12.0. The van der Waals surface area contributed by atoms with Crippen LogP contribution in [0, 0.1) is 5.41 Å². The molecule has 188 valence electrons. The highest BCUT2D eigenvalue weighted by molar-refractivity contribution is 5.97. The van der Waals surface area contributed by atoms with Crippen LogP contribution in [0.1, 0.15) is 59.6 Å². The summed E-state index contributed by atoms with van der Waals surface area (Å²) in [6.07, 6.45) is 0.681. The van der Waals surface area contributed by atoms with Gasteiger partial charge in [0.15, 0.2) is 6.29 Å². The molecule has 2 atom stereocenters. The van der Waals surface area contributed by atoms with Crippen molar-refractivity contribution in [1.82, 2.24) is 10.2 Å². The molecule has 0 saturated carbocycles. The average Bonchev–Trinajstić information content (AvgIpc) is 2.76. The largest absolute Gasteiger partial charge is 0.465 e. The Hall–Kier alpha value is -2.41. The molecule has 0 heterocycles. The molecular formula is C28H43N3O3. The van der Waals surface area contributed by atoms with Gasteiger partial charge in [0.1, 0.15) is 5.75 Å². The Morgan fingerprint density at radius 1 is 0.971 bits per heavy atom. The Kier molecular flexibility index (Phi) is 10.1. The molecule has 0 aliphatic carbocycles. The number of carbonyl (C=O) groups excluding carboxylic acids is 1. The molecule has 2 rings (SSSR count). The summed E-state index contributed by atoms with van der Waals surface area (Å²) in [5.74, 6) is 0.686. The van der Waals surface area contributed by atoms with Gasteiger partial charge in [-0.1, -0.05) is 51.1 Å². The molecule has 34 heavy (non-hydrogen) atoms. The first kappa shape index (κ1) is 27.8. The van der Waals surface area contributed by atoms with Crippen molar-refractivity contribution in [2.75, 3.05) is 32.6 Å². The predicted octanol–water partition coefficient (Wildman–Crippen LogP) is 5.47. The minimum Gasteiger partial charge on any atom is -0.465 e. The van der Waals surface area contributed by atoms with Gasteiger partial charge in [0.05, 0.1) is 12.1 Å². The van der Waals surface area contributed by atoms with Gasteiger partial charge < -0.3 is 25.0 Å². The summed E-state index contributed by atoms with van der Waals surface area (Å²) >= 11 is 0. The van der Waals surface area contributed by atoms with Crippen molar-refractivity contribution in [2.24, 2.45) is 5.41 Å². The van der Waals surface area contributed by atoms with Crippen LogP contribution in [0.5, 0.6) is 5.75 Å². The summed E-state index contributed by atoms with van der Waals surface area (Å²) < 4.78 is 11.7. The third-order valence-electron chi connectivity index (χ3n) is 5.62. The van der Waals surface area contributed by atoms with Crippen molar-refractivity contribution >= 4 is 11.6 Å². The normalized spacial score (nSPS) is 14.0. The molecule has 0 aliphatic rings. The van der Waals surface area contributed by atoms with Crippen molar-refractivity contribution in [3.8, 4) is 5.75 Å². The maximum absolute atomic E-state index is 12.6. The van der Waals surface area contributed by atoms with Crippen LogP contribution in [0.3, 0.4) is 0 Å². The van der Waals surface area contributed by atoms with E-state index in [9.17, 15) is 4.79 Å². The molecule has 1 amide bonds. The van der Waals surface area contributed by atoms with Crippen molar-refractivity contribution in [3.63, 3.8) is 0 Å². The zero-order chi connectivity index (χ0) is 25.4. The van der Waals surface area contributed by atoms with E-state index in [1.54, 1.807) is 0 Å². The van der Waals surface area contributed by atoms with E-state index in [1.165, 1.54) is 5.56 Å². The van der Waals surface area contributed by atoms with Crippen molar-refractivity contribution < 1.29 is 14.3 Å². The average molecular weight is 470 g/mol. The lowest BCUT2D eigenvalue weighted by molar-refractivity contribution is -0.121. The highest BCUT2D eigenvalue weighted by atomic mass is 16.7. The van der Waals surface area contributed by atoms with Gasteiger partial charge in [0.25, 0.3) is 0 Å². The van der Waals surface area contributed by atoms with Crippen molar-refractivity contribution in [2.45, 2.75) is 65.8 Å². The van der Waals surface area contributed by atoms with Crippen LogP contribution in [0.25, 0.3) is 0 Å². The first-order chi connectivity index (χ1) is 15.9. The maximum atomic E-state index is 12.6. The van der Waals surface area contributed by atoms with E-state index in [1.807, 2.05) is 63.2 Å². The Balaban J connectivity index is 1.78. The lowest BCUT2D eigenvalue weighted by Crippen LogP contribution is -2.51. The topological polar surface area (TPSA) is 62.8 Å². The summed E-state index contributed by atoms with van der Waals surface area (Å²) in [7, 11) is 4.24. The number of anilines is 1. The molecule has 6 heteroatoms. The van der Waals surface area contributed by atoms with E-state index in [4.69, 9.17) is 9.47 Å². The van der Waals surface area contributed by atoms with Gasteiger partial charge in [-0.3, -0.25) is 4.79 Å². The minimum absolute atomic E-state index is 0.0921. The van der Waals surface area contributed by atoms with Gasteiger partial charge in [-0.15, -0.1) is 0 Å². The maximum Gasteiger partial charge on any atom is 0.244 e. The molecule has 2 unspecified atom stereocenters. The molecule has 0 saturated heterocycles. The smallest absolute Gasteiger partial charge is 0.244 e. The highest BCUT2D eigenvalue weighted by Crippen LogP contribution is 2.33. The number of carbonyl (C=O) groups is 1. The number of nitrogens with one attached hydrogen (secondary N) is 2. The fourth-order valence-electron chi connectivity index (χ4n) is 3.65. The van der Waals surface area contributed by atoms with Crippen LogP contribution in [0.15, 0.2) is 54.6 Å². The van der Waals surface area contributed by atoms with Gasteiger partial charge in [-0.2, -0.15) is 0 Å². The third-order valence-corrected chi connectivity index (χ3v) is 5.62. The Morgan fingerprint density at radius 3 is 2.15 bits per heavy atom. The van der Waals surface area contributed by atoms with Crippen molar-refractivity contribution in [3.05, 3.63) is 60.2 Å². The van der Waals surface area contributed by atoms with Crippen LogP contribution in [-0.2, 0) is 9.53 Å². The second kappa shape index (κ2) is 12.3. The Morgan fingerprint density at radius 2 is 1.59 bits per heavy atom. The zero-order valence-electron chi connectivity index (χ0n) is 22.1. The van der Waals surface area contributed by atoms with E-state index >= 15 is 0 Å². The van der Waals surface area contributed by atoms with Gasteiger partial charge in [-0.25, -0.2) is 0 Å². The summed E-state index contributed by atoms with van der Waals surface area (Å²) in [5.41, 5.74) is 1.58. The summed E-state index contributed by atoms with van der Waals surface area (Å²) in [4.78, 5) is 14.8. The standard InChI is InChI=1S/C28H43N3O3/c1-21(33-19-18-29-28(5,6)26(32)30-23-12-10-9-11-13-23)34-24-16-14-22(15-17-24)25(31(7)8)20-27(2,3)4/h9-17,21,25,29H,18-20H2,1-8H3,(H,30,32). The SMILES string of the molecule is CC(OCCNC(C)(C)C(=O)Nc1ccccc1)Oc1ccc(C(CC(C)(C)C)N(C)C)cc1. The lowest BCUT2D eigenvalue weighted by atomic mass is 9.85.